The van der Waals surface area contributed by atoms with E-state index < -0.39 is 5.97 Å². The highest BCUT2D eigenvalue weighted by atomic mass is 32.2. The fraction of sp³-hybridized carbons (Fsp3) is 0.333. The number of hydrogen-bond acceptors (Lipinski definition) is 5. The number of aromatic carboxylic acids is 1. The van der Waals surface area contributed by atoms with E-state index in [1.54, 1.807) is 13.0 Å². The van der Waals surface area contributed by atoms with E-state index in [4.69, 9.17) is 5.11 Å². The van der Waals surface area contributed by atoms with Crippen molar-refractivity contribution in [2.75, 3.05) is 0 Å². The number of nitrogens with one attached hydrogen (secondary N) is 1. The first kappa shape index (κ1) is 13.5. The molecule has 6 nitrogen and oxygen atoms in total. The van der Waals surface area contributed by atoms with Crippen LogP contribution in [0.5, 0.6) is 0 Å². The predicted molar refractivity (Wildman–Crippen MR) is 70.4 cm³/mol. The Morgan fingerprint density at radius 1 is 1.42 bits per heavy atom. The van der Waals surface area contributed by atoms with Gasteiger partial charge >= 0.3 is 5.97 Å². The molecule has 2 aromatic heterocycles. The third-order valence-electron chi connectivity index (χ3n) is 2.38. The molecule has 0 atom stereocenters. The van der Waals surface area contributed by atoms with Gasteiger partial charge in [-0.25, -0.2) is 14.8 Å². The average molecular weight is 278 g/mol. The van der Waals surface area contributed by atoms with Crippen LogP contribution >= 0.6 is 11.8 Å². The average Bonchev–Trinajstić information content (AvgIpc) is 2.75. The molecule has 2 N–H and O–H groups in total. The molecule has 100 valence electrons. The number of H-pyrrole nitrogens is 1. The molecule has 0 aliphatic rings. The summed E-state index contributed by atoms with van der Waals surface area (Å²) in [4.78, 5) is 19.7. The van der Waals surface area contributed by atoms with Gasteiger partial charge in [0, 0.05) is 5.69 Å². The van der Waals surface area contributed by atoms with Gasteiger partial charge in [-0.15, -0.1) is 5.10 Å². The van der Waals surface area contributed by atoms with Crippen molar-refractivity contribution in [1.82, 2.24) is 20.2 Å². The minimum atomic E-state index is -0.951. The van der Waals surface area contributed by atoms with Gasteiger partial charge in [0.25, 0.3) is 0 Å². The van der Waals surface area contributed by atoms with Gasteiger partial charge in [0.1, 0.15) is 10.9 Å². The summed E-state index contributed by atoms with van der Waals surface area (Å²) in [5.41, 5.74) is 1.02. The highest BCUT2D eigenvalue weighted by Crippen LogP contribution is 2.24. The van der Waals surface area contributed by atoms with E-state index in [0.717, 1.165) is 18.5 Å². The summed E-state index contributed by atoms with van der Waals surface area (Å²) < 4.78 is 0. The number of aromatic amines is 1. The highest BCUT2D eigenvalue weighted by Gasteiger charge is 2.11. The summed E-state index contributed by atoms with van der Waals surface area (Å²) in [5.74, 6) is -0.238. The zero-order chi connectivity index (χ0) is 13.8. The van der Waals surface area contributed by atoms with E-state index in [0.29, 0.717) is 16.0 Å². The van der Waals surface area contributed by atoms with E-state index in [9.17, 15) is 4.79 Å². The molecule has 2 aromatic rings. The predicted octanol–water partition coefficient (Wildman–Crippen LogP) is 2.31. The molecular formula is C12H14N4O2S. The molecule has 0 aliphatic heterocycles. The number of pyridine rings is 1. The zero-order valence-electron chi connectivity index (χ0n) is 10.7. The van der Waals surface area contributed by atoms with Crippen molar-refractivity contribution in [2.45, 2.75) is 36.9 Å². The normalized spacial score (nSPS) is 10.6. The Kier molecular flexibility index (Phi) is 4.16. The molecule has 0 aliphatic carbocycles. The van der Waals surface area contributed by atoms with E-state index in [2.05, 4.69) is 20.2 Å². The molecular weight excluding hydrogens is 264 g/mol. The molecule has 0 radical (unpaired) electrons. The number of rotatable bonds is 5. The van der Waals surface area contributed by atoms with Crippen LogP contribution in [-0.4, -0.2) is 31.2 Å². The fourth-order valence-corrected chi connectivity index (χ4v) is 2.39. The topological polar surface area (TPSA) is 91.8 Å². The lowest BCUT2D eigenvalue weighted by atomic mass is 10.2. The third-order valence-corrected chi connectivity index (χ3v) is 3.16. The maximum absolute atomic E-state index is 11.1. The van der Waals surface area contributed by atoms with Gasteiger partial charge in [-0.2, -0.15) is 0 Å². The van der Waals surface area contributed by atoms with E-state index in [1.807, 2.05) is 6.92 Å². The molecule has 0 saturated carbocycles. The summed E-state index contributed by atoms with van der Waals surface area (Å²) in [6.45, 7) is 3.83. The maximum atomic E-state index is 11.1. The van der Waals surface area contributed by atoms with Crippen LogP contribution < -0.4 is 0 Å². The van der Waals surface area contributed by atoms with Crippen LogP contribution in [0.2, 0.25) is 0 Å². The summed E-state index contributed by atoms with van der Waals surface area (Å²) in [6.07, 6.45) is 1.67. The Balaban J connectivity index is 2.30. The first-order valence-corrected chi connectivity index (χ1v) is 6.71. The number of hydrogen-bond donors (Lipinski definition) is 2. The Hall–Kier alpha value is -1.89. The standard InChI is InChI=1S/C12H14N4O2S/c1-3-4-9-5-8(11(17)18)6-10(14-9)19-12-13-7(2)15-16-12/h5-6H,3-4H2,1-2H3,(H,17,18)(H,13,15,16). The van der Waals surface area contributed by atoms with Gasteiger partial charge in [0.2, 0.25) is 5.16 Å². The monoisotopic (exact) mass is 278 g/mol. The van der Waals surface area contributed by atoms with Crippen LogP contribution in [0.25, 0.3) is 0 Å². The first-order chi connectivity index (χ1) is 9.08. The van der Waals surface area contributed by atoms with Crippen LogP contribution in [0.1, 0.15) is 35.2 Å². The van der Waals surface area contributed by atoms with Gasteiger partial charge in [-0.05, 0) is 37.2 Å². The van der Waals surface area contributed by atoms with Crippen molar-refractivity contribution in [3.8, 4) is 0 Å². The molecule has 7 heteroatoms. The number of carboxylic acids is 1. The lowest BCUT2D eigenvalue weighted by molar-refractivity contribution is 0.0696. The minimum absolute atomic E-state index is 0.244. The van der Waals surface area contributed by atoms with Gasteiger partial charge in [0.05, 0.1) is 5.56 Å². The molecule has 2 rings (SSSR count). The van der Waals surface area contributed by atoms with Crippen LogP contribution in [0.15, 0.2) is 22.3 Å². The molecule has 2 heterocycles. The van der Waals surface area contributed by atoms with Crippen molar-refractivity contribution in [1.29, 1.82) is 0 Å². The smallest absolute Gasteiger partial charge is 0.335 e. The maximum Gasteiger partial charge on any atom is 0.335 e. The van der Waals surface area contributed by atoms with Gasteiger partial charge in [0.15, 0.2) is 0 Å². The first-order valence-electron chi connectivity index (χ1n) is 5.89. The second kappa shape index (κ2) is 5.83. The minimum Gasteiger partial charge on any atom is -0.478 e. The van der Waals surface area contributed by atoms with E-state index in [1.165, 1.54) is 17.8 Å². The summed E-state index contributed by atoms with van der Waals surface area (Å²) >= 11 is 1.25. The SMILES string of the molecule is CCCc1cc(C(=O)O)cc(Sc2n[nH]c(C)n2)n1. The van der Waals surface area contributed by atoms with E-state index >= 15 is 0 Å². The molecule has 0 amide bonds. The van der Waals surface area contributed by atoms with Crippen molar-refractivity contribution in [2.24, 2.45) is 0 Å². The lowest BCUT2D eigenvalue weighted by Crippen LogP contribution is -2.01. The number of aromatic nitrogens is 4. The zero-order valence-corrected chi connectivity index (χ0v) is 11.5. The molecule has 0 unspecified atom stereocenters. The number of aryl methyl sites for hydroxylation is 2. The van der Waals surface area contributed by atoms with Crippen LogP contribution in [0.3, 0.4) is 0 Å². The van der Waals surface area contributed by atoms with Gasteiger partial charge < -0.3 is 5.11 Å². The summed E-state index contributed by atoms with van der Waals surface area (Å²) in [6, 6.07) is 3.15. The summed E-state index contributed by atoms with van der Waals surface area (Å²) in [7, 11) is 0. The van der Waals surface area contributed by atoms with Crippen LogP contribution in [0, 0.1) is 6.92 Å². The van der Waals surface area contributed by atoms with Crippen molar-refractivity contribution >= 4 is 17.7 Å². The lowest BCUT2D eigenvalue weighted by Gasteiger charge is -2.04. The van der Waals surface area contributed by atoms with E-state index in [-0.39, 0.29) is 5.56 Å². The molecule has 0 bridgehead atoms. The quantitative estimate of drug-likeness (QED) is 0.872. The second-order valence-electron chi connectivity index (χ2n) is 4.05. The Bertz CT molecular complexity index is 597. The molecule has 0 fully saturated rings. The Labute approximate surface area is 114 Å². The molecule has 0 saturated heterocycles. The van der Waals surface area contributed by atoms with Crippen molar-refractivity contribution in [3.05, 3.63) is 29.2 Å². The Morgan fingerprint density at radius 2 is 2.21 bits per heavy atom. The number of carbonyl (C=O) groups is 1. The van der Waals surface area contributed by atoms with Crippen molar-refractivity contribution in [3.63, 3.8) is 0 Å². The van der Waals surface area contributed by atoms with Gasteiger partial charge in [-0.1, -0.05) is 13.3 Å². The number of carboxylic acid groups (broad SMARTS) is 1. The highest BCUT2D eigenvalue weighted by molar-refractivity contribution is 7.99. The largest absolute Gasteiger partial charge is 0.478 e. The molecule has 0 spiro atoms. The molecule has 0 aromatic carbocycles. The van der Waals surface area contributed by atoms with Gasteiger partial charge in [-0.3, -0.25) is 5.10 Å². The summed E-state index contributed by atoms with van der Waals surface area (Å²) in [5, 5.41) is 17.0. The van der Waals surface area contributed by atoms with Crippen LogP contribution in [0.4, 0.5) is 0 Å². The van der Waals surface area contributed by atoms with Crippen LogP contribution in [-0.2, 0) is 6.42 Å². The molecule has 19 heavy (non-hydrogen) atoms. The fourth-order valence-electron chi connectivity index (χ4n) is 1.58. The number of nitrogens with zero attached hydrogens (tertiary/aromatic N) is 3. The second-order valence-corrected chi connectivity index (χ2v) is 5.03. The third kappa shape index (κ3) is 3.54. The van der Waals surface area contributed by atoms with Crippen molar-refractivity contribution < 1.29 is 9.90 Å². The Morgan fingerprint density at radius 3 is 2.79 bits per heavy atom.